The monoisotopic (exact) mass is 238 g/mol. The zero-order valence-electron chi connectivity index (χ0n) is 11.1. The summed E-state index contributed by atoms with van der Waals surface area (Å²) in [6.07, 6.45) is 8.40. The first-order chi connectivity index (χ1) is 8.25. The minimum absolute atomic E-state index is 0.350. The van der Waals surface area contributed by atoms with E-state index in [2.05, 4.69) is 5.32 Å². The molecule has 1 atom stereocenters. The van der Waals surface area contributed by atoms with Gasteiger partial charge in [0.05, 0.1) is 0 Å². The van der Waals surface area contributed by atoms with Gasteiger partial charge in [-0.25, -0.2) is 0 Å². The van der Waals surface area contributed by atoms with Gasteiger partial charge in [0.1, 0.15) is 0 Å². The third-order valence-corrected chi connectivity index (χ3v) is 4.35. The summed E-state index contributed by atoms with van der Waals surface area (Å²) in [6.45, 7) is 3.26. The van der Waals surface area contributed by atoms with Crippen molar-refractivity contribution in [2.24, 2.45) is 11.8 Å². The molecule has 0 bridgehead atoms. The van der Waals surface area contributed by atoms with Crippen molar-refractivity contribution in [3.63, 3.8) is 0 Å². The molecule has 3 nitrogen and oxygen atoms in total. The van der Waals surface area contributed by atoms with Crippen molar-refractivity contribution in [3.05, 3.63) is 0 Å². The highest BCUT2D eigenvalue weighted by molar-refractivity contribution is 5.75. The summed E-state index contributed by atoms with van der Waals surface area (Å²) in [5, 5.41) is 3.41. The van der Waals surface area contributed by atoms with Crippen LogP contribution in [0.25, 0.3) is 0 Å². The lowest BCUT2D eigenvalue weighted by molar-refractivity contribution is -0.131. The Morgan fingerprint density at radius 1 is 1.24 bits per heavy atom. The minimum Gasteiger partial charge on any atom is -0.345 e. The molecular weight excluding hydrogens is 212 g/mol. The van der Waals surface area contributed by atoms with E-state index in [1.807, 2.05) is 11.9 Å². The normalized spacial score (nSPS) is 25.4. The van der Waals surface area contributed by atoms with E-state index in [4.69, 9.17) is 0 Å². The Balaban J connectivity index is 1.61. The largest absolute Gasteiger partial charge is 0.345 e. The second-order valence-corrected chi connectivity index (χ2v) is 5.82. The van der Waals surface area contributed by atoms with Crippen LogP contribution in [-0.4, -0.2) is 37.5 Å². The van der Waals surface area contributed by atoms with Gasteiger partial charge in [-0.05, 0) is 57.0 Å². The summed E-state index contributed by atoms with van der Waals surface area (Å²) >= 11 is 0. The first-order valence-corrected chi connectivity index (χ1v) is 7.20. The van der Waals surface area contributed by atoms with Gasteiger partial charge in [-0.2, -0.15) is 0 Å². The molecule has 98 valence electrons. The van der Waals surface area contributed by atoms with Crippen LogP contribution in [0.4, 0.5) is 0 Å². The smallest absolute Gasteiger partial charge is 0.222 e. The van der Waals surface area contributed by atoms with Gasteiger partial charge in [0, 0.05) is 20.0 Å². The van der Waals surface area contributed by atoms with Crippen molar-refractivity contribution >= 4 is 5.91 Å². The average Bonchev–Trinajstić information content (AvgIpc) is 2.32. The fraction of sp³-hybridized carbons (Fsp3) is 0.929. The topological polar surface area (TPSA) is 32.3 Å². The zero-order chi connectivity index (χ0) is 12.1. The van der Waals surface area contributed by atoms with Gasteiger partial charge < -0.3 is 10.2 Å². The number of nitrogens with zero attached hydrogens (tertiary/aromatic N) is 1. The van der Waals surface area contributed by atoms with Crippen molar-refractivity contribution in [1.29, 1.82) is 0 Å². The Hall–Kier alpha value is -0.570. The predicted molar refractivity (Wildman–Crippen MR) is 69.8 cm³/mol. The SMILES string of the molecule is CN(CC1CCC1)C(=O)CCC1CCCNC1. The summed E-state index contributed by atoms with van der Waals surface area (Å²) in [6, 6.07) is 0. The van der Waals surface area contributed by atoms with E-state index in [0.29, 0.717) is 5.91 Å². The van der Waals surface area contributed by atoms with Gasteiger partial charge in [-0.3, -0.25) is 4.79 Å². The molecule has 1 aliphatic heterocycles. The van der Waals surface area contributed by atoms with Crippen molar-refractivity contribution in [2.75, 3.05) is 26.7 Å². The van der Waals surface area contributed by atoms with E-state index >= 15 is 0 Å². The van der Waals surface area contributed by atoms with Gasteiger partial charge in [0.2, 0.25) is 5.91 Å². The lowest BCUT2D eigenvalue weighted by Crippen LogP contribution is -2.35. The number of rotatable bonds is 5. The second kappa shape index (κ2) is 6.39. The number of carbonyl (C=O) groups is 1. The molecule has 0 aromatic heterocycles. The summed E-state index contributed by atoms with van der Waals surface area (Å²) in [5.41, 5.74) is 0. The molecule has 2 aliphatic rings. The first-order valence-electron chi connectivity index (χ1n) is 7.20. The van der Waals surface area contributed by atoms with Crippen LogP contribution in [0.15, 0.2) is 0 Å². The molecule has 0 aromatic carbocycles. The van der Waals surface area contributed by atoms with Crippen LogP contribution >= 0.6 is 0 Å². The molecular formula is C14H26N2O. The summed E-state index contributed by atoms with van der Waals surface area (Å²) < 4.78 is 0. The van der Waals surface area contributed by atoms with Crippen molar-refractivity contribution < 1.29 is 4.79 Å². The highest BCUT2D eigenvalue weighted by Gasteiger charge is 2.22. The molecule has 3 heteroatoms. The lowest BCUT2D eigenvalue weighted by atomic mass is 9.85. The van der Waals surface area contributed by atoms with E-state index in [1.165, 1.54) is 32.1 Å². The molecule has 0 spiro atoms. The molecule has 1 aliphatic carbocycles. The average molecular weight is 238 g/mol. The first kappa shape index (κ1) is 12.9. The lowest BCUT2D eigenvalue weighted by Gasteiger charge is -2.30. The highest BCUT2D eigenvalue weighted by atomic mass is 16.2. The number of hydrogen-bond acceptors (Lipinski definition) is 2. The van der Waals surface area contributed by atoms with Gasteiger partial charge in [0.15, 0.2) is 0 Å². The third kappa shape index (κ3) is 3.98. The number of hydrogen-bond donors (Lipinski definition) is 1. The van der Waals surface area contributed by atoms with Gasteiger partial charge in [0.25, 0.3) is 0 Å². The number of amides is 1. The van der Waals surface area contributed by atoms with E-state index in [-0.39, 0.29) is 0 Å². The Morgan fingerprint density at radius 3 is 2.59 bits per heavy atom. The van der Waals surface area contributed by atoms with E-state index < -0.39 is 0 Å². The summed E-state index contributed by atoms with van der Waals surface area (Å²) in [7, 11) is 1.97. The van der Waals surface area contributed by atoms with E-state index in [0.717, 1.165) is 44.3 Å². The van der Waals surface area contributed by atoms with E-state index in [1.54, 1.807) is 0 Å². The highest BCUT2D eigenvalue weighted by Crippen LogP contribution is 2.27. The molecule has 1 saturated carbocycles. The second-order valence-electron chi connectivity index (χ2n) is 5.82. The minimum atomic E-state index is 0.350. The Bertz CT molecular complexity index is 245. The molecule has 2 rings (SSSR count). The number of nitrogens with one attached hydrogen (secondary N) is 1. The molecule has 0 aromatic rings. The van der Waals surface area contributed by atoms with Crippen LogP contribution in [0.5, 0.6) is 0 Å². The molecule has 2 fully saturated rings. The van der Waals surface area contributed by atoms with Gasteiger partial charge >= 0.3 is 0 Å². The predicted octanol–water partition coefficient (Wildman–Crippen LogP) is 2.02. The molecule has 1 N–H and O–H groups in total. The molecule has 1 saturated heterocycles. The standard InChI is InChI=1S/C14H26N2O/c1-16(11-13-4-2-5-13)14(17)8-7-12-6-3-9-15-10-12/h12-13,15H,2-11H2,1H3. The number of carbonyl (C=O) groups excluding carboxylic acids is 1. The fourth-order valence-electron chi connectivity index (χ4n) is 2.85. The van der Waals surface area contributed by atoms with Gasteiger partial charge in [-0.1, -0.05) is 6.42 Å². The summed E-state index contributed by atoms with van der Waals surface area (Å²) in [4.78, 5) is 13.9. The van der Waals surface area contributed by atoms with Crippen LogP contribution in [0.3, 0.4) is 0 Å². The third-order valence-electron chi connectivity index (χ3n) is 4.35. The van der Waals surface area contributed by atoms with Crippen LogP contribution in [0.2, 0.25) is 0 Å². The summed E-state index contributed by atoms with van der Waals surface area (Å²) in [5.74, 6) is 1.87. The van der Waals surface area contributed by atoms with Crippen molar-refractivity contribution in [2.45, 2.75) is 44.9 Å². The Labute approximate surface area is 105 Å². The Morgan fingerprint density at radius 2 is 2.00 bits per heavy atom. The molecule has 1 amide bonds. The van der Waals surface area contributed by atoms with Gasteiger partial charge in [-0.15, -0.1) is 0 Å². The Kier molecular flexibility index (Phi) is 4.84. The molecule has 1 heterocycles. The van der Waals surface area contributed by atoms with Crippen LogP contribution in [0, 0.1) is 11.8 Å². The van der Waals surface area contributed by atoms with Crippen LogP contribution in [-0.2, 0) is 4.79 Å². The van der Waals surface area contributed by atoms with Crippen LogP contribution in [0.1, 0.15) is 44.9 Å². The fourth-order valence-corrected chi connectivity index (χ4v) is 2.85. The maximum absolute atomic E-state index is 12.0. The van der Waals surface area contributed by atoms with E-state index in [9.17, 15) is 4.79 Å². The quantitative estimate of drug-likeness (QED) is 0.795. The molecule has 17 heavy (non-hydrogen) atoms. The van der Waals surface area contributed by atoms with Crippen molar-refractivity contribution in [3.8, 4) is 0 Å². The number of piperidine rings is 1. The van der Waals surface area contributed by atoms with Crippen molar-refractivity contribution in [1.82, 2.24) is 10.2 Å². The molecule has 1 unspecified atom stereocenters. The zero-order valence-corrected chi connectivity index (χ0v) is 11.1. The maximum atomic E-state index is 12.0. The van der Waals surface area contributed by atoms with Crippen LogP contribution < -0.4 is 5.32 Å². The molecule has 0 radical (unpaired) electrons. The maximum Gasteiger partial charge on any atom is 0.222 e.